The van der Waals surface area contributed by atoms with Gasteiger partial charge in [0.25, 0.3) is 0 Å². The SMILES string of the molecule is COc1ccc(CNCC(=O)NC(c2ccccc2)c2ccccc2)cc1.O=C(O)C(=O)O. The van der Waals surface area contributed by atoms with Gasteiger partial charge in [-0.3, -0.25) is 4.79 Å². The van der Waals surface area contributed by atoms with Crippen LogP contribution in [0, 0.1) is 0 Å². The van der Waals surface area contributed by atoms with Crippen LogP contribution in [0.5, 0.6) is 5.75 Å². The topological polar surface area (TPSA) is 125 Å². The minimum Gasteiger partial charge on any atom is -0.497 e. The van der Waals surface area contributed by atoms with Crippen molar-refractivity contribution in [2.75, 3.05) is 13.7 Å². The number of carbonyl (C=O) groups is 3. The van der Waals surface area contributed by atoms with Crippen LogP contribution in [-0.2, 0) is 20.9 Å². The molecule has 0 heterocycles. The van der Waals surface area contributed by atoms with E-state index in [2.05, 4.69) is 10.6 Å². The maximum atomic E-state index is 12.5. The zero-order valence-electron chi connectivity index (χ0n) is 18.1. The highest BCUT2D eigenvalue weighted by molar-refractivity contribution is 6.27. The molecule has 8 heteroatoms. The molecule has 172 valence electrons. The fourth-order valence-electron chi connectivity index (χ4n) is 2.93. The first kappa shape index (κ1) is 25.1. The highest BCUT2D eigenvalue weighted by atomic mass is 16.5. The molecule has 0 bridgehead atoms. The van der Waals surface area contributed by atoms with Gasteiger partial charge in [-0.2, -0.15) is 0 Å². The molecule has 4 N–H and O–H groups in total. The molecule has 0 aliphatic carbocycles. The zero-order valence-corrected chi connectivity index (χ0v) is 18.1. The van der Waals surface area contributed by atoms with Gasteiger partial charge in [0.15, 0.2) is 0 Å². The zero-order chi connectivity index (χ0) is 24.1. The molecular formula is C25H26N2O6. The Bertz CT molecular complexity index is 972. The van der Waals surface area contributed by atoms with E-state index in [1.807, 2.05) is 84.9 Å². The summed E-state index contributed by atoms with van der Waals surface area (Å²) in [5, 5.41) is 21.1. The van der Waals surface area contributed by atoms with Crippen LogP contribution in [-0.4, -0.2) is 41.7 Å². The molecule has 3 aromatic carbocycles. The largest absolute Gasteiger partial charge is 0.497 e. The van der Waals surface area contributed by atoms with E-state index in [4.69, 9.17) is 24.5 Å². The van der Waals surface area contributed by atoms with Gasteiger partial charge in [-0.1, -0.05) is 72.8 Å². The van der Waals surface area contributed by atoms with Crippen LogP contribution >= 0.6 is 0 Å². The number of rotatable bonds is 8. The highest BCUT2D eigenvalue weighted by Crippen LogP contribution is 2.21. The van der Waals surface area contributed by atoms with Crippen molar-refractivity contribution in [3.05, 3.63) is 102 Å². The summed E-state index contributed by atoms with van der Waals surface area (Å²) in [6.45, 7) is 0.876. The first-order valence-corrected chi connectivity index (χ1v) is 10.1. The van der Waals surface area contributed by atoms with Crippen molar-refractivity contribution in [2.24, 2.45) is 0 Å². The summed E-state index contributed by atoms with van der Waals surface area (Å²) in [5.41, 5.74) is 3.23. The predicted octanol–water partition coefficient (Wildman–Crippen LogP) is 2.85. The normalized spacial score (nSPS) is 10.0. The number of carbonyl (C=O) groups excluding carboxylic acids is 1. The van der Waals surface area contributed by atoms with E-state index in [0.717, 1.165) is 22.4 Å². The van der Waals surface area contributed by atoms with Gasteiger partial charge >= 0.3 is 11.9 Å². The number of methoxy groups -OCH3 is 1. The van der Waals surface area contributed by atoms with E-state index in [1.165, 1.54) is 0 Å². The number of benzene rings is 3. The second-order valence-corrected chi connectivity index (χ2v) is 6.88. The molecule has 33 heavy (non-hydrogen) atoms. The van der Waals surface area contributed by atoms with E-state index >= 15 is 0 Å². The van der Waals surface area contributed by atoms with Crippen molar-refractivity contribution >= 4 is 17.8 Å². The number of nitrogens with one attached hydrogen (secondary N) is 2. The van der Waals surface area contributed by atoms with Gasteiger partial charge in [-0.15, -0.1) is 0 Å². The lowest BCUT2D eigenvalue weighted by Crippen LogP contribution is -2.36. The van der Waals surface area contributed by atoms with Crippen molar-refractivity contribution in [3.63, 3.8) is 0 Å². The third-order valence-corrected chi connectivity index (χ3v) is 4.53. The van der Waals surface area contributed by atoms with Crippen LogP contribution in [0.4, 0.5) is 0 Å². The van der Waals surface area contributed by atoms with Gasteiger partial charge in [-0.25, -0.2) is 9.59 Å². The number of carboxylic acid groups (broad SMARTS) is 2. The lowest BCUT2D eigenvalue weighted by molar-refractivity contribution is -0.159. The highest BCUT2D eigenvalue weighted by Gasteiger charge is 2.16. The third kappa shape index (κ3) is 8.84. The van der Waals surface area contributed by atoms with Gasteiger partial charge < -0.3 is 25.6 Å². The molecule has 0 aliphatic heterocycles. The van der Waals surface area contributed by atoms with Crippen LogP contribution in [0.3, 0.4) is 0 Å². The minimum atomic E-state index is -1.82. The monoisotopic (exact) mass is 450 g/mol. The summed E-state index contributed by atoms with van der Waals surface area (Å²) in [6, 6.07) is 27.7. The lowest BCUT2D eigenvalue weighted by atomic mass is 9.99. The quantitative estimate of drug-likeness (QED) is 0.389. The Labute approximate surface area is 191 Å². The first-order valence-electron chi connectivity index (χ1n) is 10.1. The average Bonchev–Trinajstić information content (AvgIpc) is 2.84. The summed E-state index contributed by atoms with van der Waals surface area (Å²) in [7, 11) is 1.65. The Kier molecular flexibility index (Phi) is 10.1. The Hall–Kier alpha value is -4.17. The van der Waals surface area contributed by atoms with E-state index in [9.17, 15) is 4.79 Å². The third-order valence-electron chi connectivity index (χ3n) is 4.53. The van der Waals surface area contributed by atoms with Crippen molar-refractivity contribution in [2.45, 2.75) is 12.6 Å². The van der Waals surface area contributed by atoms with Crippen LogP contribution in [0.1, 0.15) is 22.7 Å². The van der Waals surface area contributed by atoms with Gasteiger partial charge in [0.05, 0.1) is 19.7 Å². The van der Waals surface area contributed by atoms with Crippen molar-refractivity contribution in [1.29, 1.82) is 0 Å². The number of carboxylic acids is 2. The van der Waals surface area contributed by atoms with Crippen LogP contribution in [0.15, 0.2) is 84.9 Å². The van der Waals surface area contributed by atoms with Crippen LogP contribution in [0.2, 0.25) is 0 Å². The molecule has 0 unspecified atom stereocenters. The second kappa shape index (κ2) is 13.3. The lowest BCUT2D eigenvalue weighted by Gasteiger charge is -2.20. The Morgan fingerprint density at radius 3 is 1.70 bits per heavy atom. The maximum absolute atomic E-state index is 12.5. The number of amides is 1. The average molecular weight is 450 g/mol. The molecular weight excluding hydrogens is 424 g/mol. The maximum Gasteiger partial charge on any atom is 0.414 e. The van der Waals surface area contributed by atoms with Gasteiger partial charge in [-0.05, 0) is 28.8 Å². The van der Waals surface area contributed by atoms with E-state index in [1.54, 1.807) is 7.11 Å². The Balaban J connectivity index is 0.000000569. The first-order chi connectivity index (χ1) is 15.9. The smallest absolute Gasteiger partial charge is 0.414 e. The van der Waals surface area contributed by atoms with Crippen LogP contribution in [0.25, 0.3) is 0 Å². The Morgan fingerprint density at radius 2 is 1.27 bits per heavy atom. The summed E-state index contributed by atoms with van der Waals surface area (Å²) < 4.78 is 5.16. The molecule has 0 aliphatic rings. The number of hydrogen-bond acceptors (Lipinski definition) is 5. The summed E-state index contributed by atoms with van der Waals surface area (Å²) >= 11 is 0. The van der Waals surface area contributed by atoms with Gasteiger partial charge in [0.1, 0.15) is 5.75 Å². The molecule has 0 aromatic heterocycles. The van der Waals surface area contributed by atoms with E-state index < -0.39 is 11.9 Å². The molecule has 0 radical (unpaired) electrons. The van der Waals surface area contributed by atoms with Crippen molar-refractivity contribution in [1.82, 2.24) is 10.6 Å². The van der Waals surface area contributed by atoms with Gasteiger partial charge in [0.2, 0.25) is 5.91 Å². The summed E-state index contributed by atoms with van der Waals surface area (Å²) in [4.78, 5) is 30.7. The van der Waals surface area contributed by atoms with E-state index in [0.29, 0.717) is 6.54 Å². The minimum absolute atomic E-state index is 0.0405. The summed E-state index contributed by atoms with van der Waals surface area (Å²) in [6.07, 6.45) is 0. The number of ether oxygens (including phenoxy) is 1. The molecule has 0 fully saturated rings. The predicted molar refractivity (Wildman–Crippen MR) is 123 cm³/mol. The standard InChI is InChI=1S/C23H24N2O2.C2H2O4/c1-27-21-14-12-18(13-15-21)16-24-17-22(26)25-23(19-8-4-2-5-9-19)20-10-6-3-7-11-20;3-1(4)2(5)6/h2-15,23-24H,16-17H2,1H3,(H,25,26);(H,3,4)(H,5,6). The van der Waals surface area contributed by atoms with Crippen LogP contribution < -0.4 is 15.4 Å². The molecule has 0 saturated carbocycles. The molecule has 0 spiro atoms. The van der Waals surface area contributed by atoms with Crippen molar-refractivity contribution in [3.8, 4) is 5.75 Å². The van der Waals surface area contributed by atoms with E-state index in [-0.39, 0.29) is 18.5 Å². The molecule has 3 rings (SSSR count). The second-order valence-electron chi connectivity index (χ2n) is 6.88. The number of aliphatic carboxylic acids is 2. The molecule has 1 amide bonds. The molecule has 0 saturated heterocycles. The molecule has 0 atom stereocenters. The molecule has 3 aromatic rings. The Morgan fingerprint density at radius 1 is 0.788 bits per heavy atom. The fraction of sp³-hybridized carbons (Fsp3) is 0.160. The summed E-state index contributed by atoms with van der Waals surface area (Å²) in [5.74, 6) is -2.86. The van der Waals surface area contributed by atoms with Crippen molar-refractivity contribution < 1.29 is 29.3 Å². The fourth-order valence-corrected chi connectivity index (χ4v) is 2.93. The molecule has 8 nitrogen and oxygen atoms in total. The van der Waals surface area contributed by atoms with Gasteiger partial charge in [0, 0.05) is 6.54 Å². The number of hydrogen-bond donors (Lipinski definition) is 4.